The van der Waals surface area contributed by atoms with Gasteiger partial charge < -0.3 is 21.9 Å². The second-order valence-electron chi connectivity index (χ2n) is 4.71. The van der Waals surface area contributed by atoms with Crippen molar-refractivity contribution < 1.29 is 21.5 Å². The highest BCUT2D eigenvalue weighted by molar-refractivity contribution is 5.48. The van der Waals surface area contributed by atoms with Crippen LogP contribution in [0.15, 0.2) is 18.5 Å². The third-order valence-corrected chi connectivity index (χ3v) is 2.94. The molecule has 0 spiro atoms. The maximum absolute atomic E-state index is 2.30. The third kappa shape index (κ3) is 5.53. The van der Waals surface area contributed by atoms with E-state index < -0.39 is 0 Å². The minimum absolute atomic E-state index is 0. The van der Waals surface area contributed by atoms with Gasteiger partial charge in [-0.2, -0.15) is 0 Å². The van der Waals surface area contributed by atoms with E-state index in [1.165, 1.54) is 36.9 Å². The SMILES string of the molecule is CCCCCC[n+]1ccc(N(C)C)c(C)c1.[Br-]. The molecule has 1 aromatic rings. The summed E-state index contributed by atoms with van der Waals surface area (Å²) in [5.41, 5.74) is 2.66. The van der Waals surface area contributed by atoms with Crippen molar-refractivity contribution in [2.24, 2.45) is 0 Å². The lowest BCUT2D eigenvalue weighted by molar-refractivity contribution is -0.697. The lowest BCUT2D eigenvalue weighted by Crippen LogP contribution is -3.00. The molecule has 1 rings (SSSR count). The standard InChI is InChI=1S/C14H25N2.BrH/c1-5-6-7-8-10-16-11-9-14(15(3)4)13(2)12-16;/h9,11-12H,5-8,10H2,1-4H3;1H/q+1;/p-1. The van der Waals surface area contributed by atoms with Crippen LogP contribution in [0.1, 0.15) is 38.2 Å². The fraction of sp³-hybridized carbons (Fsp3) is 0.643. The Balaban J connectivity index is 0.00000256. The van der Waals surface area contributed by atoms with Gasteiger partial charge in [-0.1, -0.05) is 19.8 Å². The lowest BCUT2D eigenvalue weighted by atomic mass is 10.2. The molecule has 98 valence electrons. The monoisotopic (exact) mass is 300 g/mol. The van der Waals surface area contributed by atoms with Crippen LogP contribution in [0.2, 0.25) is 0 Å². The Morgan fingerprint density at radius 2 is 1.88 bits per heavy atom. The largest absolute Gasteiger partial charge is 1.00 e. The van der Waals surface area contributed by atoms with Gasteiger partial charge in [-0.3, -0.25) is 0 Å². The Bertz CT molecular complexity index is 324. The van der Waals surface area contributed by atoms with Crippen molar-refractivity contribution in [1.82, 2.24) is 0 Å². The molecule has 0 bridgehead atoms. The van der Waals surface area contributed by atoms with Crippen molar-refractivity contribution in [2.75, 3.05) is 19.0 Å². The molecule has 0 amide bonds. The van der Waals surface area contributed by atoms with E-state index in [2.05, 4.69) is 55.9 Å². The molecule has 2 nitrogen and oxygen atoms in total. The molecule has 0 saturated heterocycles. The quantitative estimate of drug-likeness (QED) is 0.527. The van der Waals surface area contributed by atoms with Crippen LogP contribution in [-0.4, -0.2) is 14.1 Å². The van der Waals surface area contributed by atoms with Gasteiger partial charge in [0.1, 0.15) is 6.54 Å². The first kappa shape index (κ1) is 16.4. The van der Waals surface area contributed by atoms with Gasteiger partial charge in [0.2, 0.25) is 0 Å². The lowest BCUT2D eigenvalue weighted by Gasteiger charge is -2.13. The Morgan fingerprint density at radius 3 is 2.41 bits per heavy atom. The van der Waals surface area contributed by atoms with Crippen LogP contribution in [0.3, 0.4) is 0 Å². The Morgan fingerprint density at radius 1 is 1.18 bits per heavy atom. The summed E-state index contributed by atoms with van der Waals surface area (Å²) < 4.78 is 2.30. The molecule has 0 fully saturated rings. The molecule has 3 heteroatoms. The number of nitrogens with zero attached hydrogens (tertiary/aromatic N) is 2. The van der Waals surface area contributed by atoms with E-state index in [0.29, 0.717) is 0 Å². The summed E-state index contributed by atoms with van der Waals surface area (Å²) in [5, 5.41) is 0. The van der Waals surface area contributed by atoms with Crippen molar-refractivity contribution in [3.05, 3.63) is 24.0 Å². The van der Waals surface area contributed by atoms with Crippen LogP contribution in [0.4, 0.5) is 5.69 Å². The average molecular weight is 301 g/mol. The highest BCUT2D eigenvalue weighted by atomic mass is 79.9. The van der Waals surface area contributed by atoms with Gasteiger partial charge in [0.15, 0.2) is 12.4 Å². The third-order valence-electron chi connectivity index (χ3n) is 2.94. The molecule has 1 heterocycles. The second kappa shape index (κ2) is 8.51. The molecule has 0 aliphatic heterocycles. The number of rotatable bonds is 6. The number of anilines is 1. The highest BCUT2D eigenvalue weighted by Crippen LogP contribution is 2.13. The van der Waals surface area contributed by atoms with Crippen LogP contribution in [0.5, 0.6) is 0 Å². The van der Waals surface area contributed by atoms with Gasteiger partial charge in [0.05, 0.1) is 5.69 Å². The number of hydrogen-bond donors (Lipinski definition) is 0. The maximum Gasteiger partial charge on any atom is 0.173 e. The van der Waals surface area contributed by atoms with Crippen molar-refractivity contribution in [2.45, 2.75) is 46.1 Å². The van der Waals surface area contributed by atoms with Crippen LogP contribution < -0.4 is 26.4 Å². The first-order valence-corrected chi connectivity index (χ1v) is 6.32. The van der Waals surface area contributed by atoms with Crippen LogP contribution >= 0.6 is 0 Å². The van der Waals surface area contributed by atoms with Crippen molar-refractivity contribution >= 4 is 5.69 Å². The summed E-state index contributed by atoms with van der Waals surface area (Å²) in [6.45, 7) is 5.58. The summed E-state index contributed by atoms with van der Waals surface area (Å²) in [4.78, 5) is 2.16. The smallest absolute Gasteiger partial charge is 0.173 e. The first-order chi connectivity index (χ1) is 7.65. The van der Waals surface area contributed by atoms with E-state index in [9.17, 15) is 0 Å². The zero-order valence-corrected chi connectivity index (χ0v) is 13.1. The molecule has 1 aromatic heterocycles. The fourth-order valence-corrected chi connectivity index (χ4v) is 2.02. The summed E-state index contributed by atoms with van der Waals surface area (Å²) >= 11 is 0. The second-order valence-corrected chi connectivity index (χ2v) is 4.71. The minimum Gasteiger partial charge on any atom is -1.00 e. The summed E-state index contributed by atoms with van der Waals surface area (Å²) in [6, 6.07) is 2.20. The number of unbranched alkanes of at least 4 members (excludes halogenated alkanes) is 3. The Labute approximate surface area is 116 Å². The number of aromatic nitrogens is 1. The zero-order valence-electron chi connectivity index (χ0n) is 11.5. The summed E-state index contributed by atoms with van der Waals surface area (Å²) in [7, 11) is 4.18. The highest BCUT2D eigenvalue weighted by Gasteiger charge is 2.06. The molecule has 0 N–H and O–H groups in total. The number of halogens is 1. The van der Waals surface area contributed by atoms with Gasteiger partial charge in [-0.25, -0.2) is 4.57 Å². The van der Waals surface area contributed by atoms with Gasteiger partial charge >= 0.3 is 0 Å². The number of pyridine rings is 1. The Kier molecular flexibility index (Phi) is 8.23. The van der Waals surface area contributed by atoms with Gasteiger partial charge in [-0.05, 0) is 13.3 Å². The van der Waals surface area contributed by atoms with E-state index in [0.717, 1.165) is 6.54 Å². The van der Waals surface area contributed by atoms with Crippen LogP contribution in [-0.2, 0) is 6.54 Å². The van der Waals surface area contributed by atoms with Crippen molar-refractivity contribution in [3.63, 3.8) is 0 Å². The molecule has 0 aliphatic carbocycles. The number of hydrogen-bond acceptors (Lipinski definition) is 1. The van der Waals surface area contributed by atoms with Gasteiger partial charge in [0, 0.05) is 32.1 Å². The van der Waals surface area contributed by atoms with Crippen molar-refractivity contribution in [1.29, 1.82) is 0 Å². The number of aryl methyl sites for hydroxylation is 2. The van der Waals surface area contributed by atoms with E-state index in [1.807, 2.05) is 0 Å². The van der Waals surface area contributed by atoms with E-state index in [4.69, 9.17) is 0 Å². The first-order valence-electron chi connectivity index (χ1n) is 6.32. The van der Waals surface area contributed by atoms with E-state index in [-0.39, 0.29) is 17.0 Å². The maximum atomic E-state index is 2.30. The predicted molar refractivity (Wildman–Crippen MR) is 69.8 cm³/mol. The predicted octanol–water partition coefficient (Wildman–Crippen LogP) is -0.0672. The summed E-state index contributed by atoms with van der Waals surface area (Å²) in [6.07, 6.45) is 9.74. The van der Waals surface area contributed by atoms with E-state index in [1.54, 1.807) is 0 Å². The zero-order chi connectivity index (χ0) is 12.0. The van der Waals surface area contributed by atoms with E-state index >= 15 is 0 Å². The molecule has 0 atom stereocenters. The van der Waals surface area contributed by atoms with Crippen molar-refractivity contribution in [3.8, 4) is 0 Å². The normalized spacial score (nSPS) is 9.88. The van der Waals surface area contributed by atoms with Gasteiger partial charge in [-0.15, -0.1) is 0 Å². The molecular formula is C14H25BrN2. The van der Waals surface area contributed by atoms with Crippen LogP contribution in [0.25, 0.3) is 0 Å². The molecule has 0 radical (unpaired) electrons. The topological polar surface area (TPSA) is 7.12 Å². The molecule has 0 saturated carbocycles. The van der Waals surface area contributed by atoms with Crippen LogP contribution in [0, 0.1) is 6.92 Å². The fourth-order valence-electron chi connectivity index (χ4n) is 2.02. The Hall–Kier alpha value is -0.570. The molecule has 0 aromatic carbocycles. The van der Waals surface area contributed by atoms with Gasteiger partial charge in [0.25, 0.3) is 0 Å². The molecule has 0 aliphatic rings. The minimum atomic E-state index is 0. The molecular weight excluding hydrogens is 276 g/mol. The average Bonchev–Trinajstić information content (AvgIpc) is 2.24. The molecule has 17 heavy (non-hydrogen) atoms. The summed E-state index contributed by atoms with van der Waals surface area (Å²) in [5.74, 6) is 0. The molecule has 0 unspecified atom stereocenters.